The summed E-state index contributed by atoms with van der Waals surface area (Å²) in [4.78, 5) is 25.7. The van der Waals surface area contributed by atoms with Crippen LogP contribution in [0.1, 0.15) is 23.0 Å². The number of hydrogen-bond donors (Lipinski definition) is 3. The largest absolute Gasteiger partial charge is 0.380 e. The van der Waals surface area contributed by atoms with Gasteiger partial charge in [0.2, 0.25) is 5.95 Å². The Hall–Kier alpha value is -3.27. The zero-order chi connectivity index (χ0) is 20.1. The molecule has 0 saturated carbocycles. The number of fused-ring (bicyclic) bond motifs is 1. The first-order chi connectivity index (χ1) is 13.6. The number of rotatable bonds is 8. The maximum atomic E-state index is 12.4. The molecule has 3 aromatic heterocycles. The highest BCUT2D eigenvalue weighted by Gasteiger charge is 2.22. The summed E-state index contributed by atoms with van der Waals surface area (Å²) in [6, 6.07) is 3.82. The van der Waals surface area contributed by atoms with Crippen LogP contribution in [0.2, 0.25) is 0 Å². The van der Waals surface area contributed by atoms with Crippen LogP contribution in [0.25, 0.3) is 11.0 Å². The van der Waals surface area contributed by atoms with Crippen LogP contribution in [0.4, 0.5) is 17.6 Å². The Morgan fingerprint density at radius 3 is 2.79 bits per heavy atom. The predicted octanol–water partition coefficient (Wildman–Crippen LogP) is 1.71. The number of hydrogen-bond acceptors (Lipinski definition) is 8. The van der Waals surface area contributed by atoms with Crippen molar-refractivity contribution in [2.75, 3.05) is 37.9 Å². The van der Waals surface area contributed by atoms with E-state index in [9.17, 15) is 4.79 Å². The molecule has 0 unspecified atom stereocenters. The fourth-order valence-electron chi connectivity index (χ4n) is 2.74. The molecule has 0 fully saturated rings. The van der Waals surface area contributed by atoms with Gasteiger partial charge in [-0.15, -0.1) is 0 Å². The van der Waals surface area contributed by atoms with E-state index >= 15 is 0 Å². The van der Waals surface area contributed by atoms with E-state index in [1.54, 1.807) is 25.0 Å². The molecule has 28 heavy (non-hydrogen) atoms. The smallest absolute Gasteiger partial charge is 0.273 e. The first kappa shape index (κ1) is 19.5. The number of ether oxygens (including phenoxy) is 1. The van der Waals surface area contributed by atoms with Crippen molar-refractivity contribution in [1.29, 1.82) is 0 Å². The third-order valence-corrected chi connectivity index (χ3v) is 4.07. The van der Waals surface area contributed by atoms with Crippen molar-refractivity contribution in [3.05, 3.63) is 29.6 Å². The molecule has 3 N–H and O–H groups in total. The van der Waals surface area contributed by atoms with Crippen molar-refractivity contribution in [1.82, 2.24) is 30.0 Å². The summed E-state index contributed by atoms with van der Waals surface area (Å²) in [7, 11) is 3.28. The number of aromatic nitrogens is 5. The minimum Gasteiger partial charge on any atom is -0.380 e. The average molecular weight is 384 g/mol. The van der Waals surface area contributed by atoms with Crippen molar-refractivity contribution >= 4 is 34.5 Å². The third-order valence-electron chi connectivity index (χ3n) is 4.07. The number of nitrogens with one attached hydrogen (secondary N) is 3. The van der Waals surface area contributed by atoms with Gasteiger partial charge in [0.25, 0.3) is 5.91 Å². The molecule has 0 aromatic carbocycles. The van der Waals surface area contributed by atoms with Crippen molar-refractivity contribution in [3.8, 4) is 0 Å². The molecule has 3 aromatic rings. The van der Waals surface area contributed by atoms with Crippen LogP contribution in [0.15, 0.2) is 18.3 Å². The van der Waals surface area contributed by atoms with Gasteiger partial charge < -0.3 is 20.7 Å². The average Bonchev–Trinajstić information content (AvgIpc) is 3.06. The van der Waals surface area contributed by atoms with E-state index in [1.165, 1.54) is 0 Å². The molecule has 1 amide bonds. The first-order valence-corrected chi connectivity index (χ1v) is 9.03. The molecule has 0 aliphatic carbocycles. The van der Waals surface area contributed by atoms with Crippen molar-refractivity contribution in [2.24, 2.45) is 0 Å². The third kappa shape index (κ3) is 4.01. The Labute approximate surface area is 162 Å². The van der Waals surface area contributed by atoms with Crippen LogP contribution in [0.3, 0.4) is 0 Å². The van der Waals surface area contributed by atoms with E-state index in [2.05, 4.69) is 36.0 Å². The second kappa shape index (κ2) is 8.61. The molecule has 3 heterocycles. The summed E-state index contributed by atoms with van der Waals surface area (Å²) in [5.74, 6) is 1.20. The van der Waals surface area contributed by atoms with E-state index in [0.717, 1.165) is 5.56 Å². The molecular formula is C18H24N8O2. The van der Waals surface area contributed by atoms with Crippen molar-refractivity contribution < 1.29 is 9.53 Å². The number of anilines is 3. The Morgan fingerprint density at radius 2 is 2.11 bits per heavy atom. The summed E-state index contributed by atoms with van der Waals surface area (Å²) < 4.78 is 7.14. The summed E-state index contributed by atoms with van der Waals surface area (Å²) in [5, 5.41) is 13.2. The summed E-state index contributed by atoms with van der Waals surface area (Å²) in [6.07, 6.45) is 1.72. The maximum absolute atomic E-state index is 12.4. The van der Waals surface area contributed by atoms with Gasteiger partial charge in [-0.1, -0.05) is 0 Å². The number of pyridine rings is 1. The number of amides is 1. The highest BCUT2D eigenvalue weighted by Crippen LogP contribution is 2.27. The Balaban J connectivity index is 2.16. The van der Waals surface area contributed by atoms with Gasteiger partial charge >= 0.3 is 0 Å². The molecule has 148 valence electrons. The zero-order valence-corrected chi connectivity index (χ0v) is 16.4. The molecule has 3 rings (SSSR count). The lowest BCUT2D eigenvalue weighted by atomic mass is 10.3. The number of carbonyl (C=O) groups excluding carboxylic acids is 1. The minimum atomic E-state index is -0.319. The molecule has 10 nitrogen and oxygen atoms in total. The van der Waals surface area contributed by atoms with Crippen LogP contribution in [-0.2, 0) is 11.3 Å². The lowest BCUT2D eigenvalue weighted by Gasteiger charge is -2.11. The number of nitrogens with zero attached hydrogens (tertiary/aromatic N) is 5. The van der Waals surface area contributed by atoms with Gasteiger partial charge in [-0.2, -0.15) is 10.1 Å². The highest BCUT2D eigenvalue weighted by atomic mass is 16.5. The second-order valence-electron chi connectivity index (χ2n) is 6.03. The second-order valence-corrected chi connectivity index (χ2v) is 6.03. The summed E-state index contributed by atoms with van der Waals surface area (Å²) in [6.45, 7) is 5.42. The van der Waals surface area contributed by atoms with E-state index < -0.39 is 0 Å². The first-order valence-electron chi connectivity index (χ1n) is 9.03. The van der Waals surface area contributed by atoms with Gasteiger partial charge in [0.1, 0.15) is 16.9 Å². The zero-order valence-electron chi connectivity index (χ0n) is 16.4. The lowest BCUT2D eigenvalue weighted by Crippen LogP contribution is -2.19. The van der Waals surface area contributed by atoms with Gasteiger partial charge in [0.05, 0.1) is 13.2 Å². The maximum Gasteiger partial charge on any atom is 0.273 e. The van der Waals surface area contributed by atoms with E-state index in [1.807, 2.05) is 26.0 Å². The van der Waals surface area contributed by atoms with Gasteiger partial charge in [-0.3, -0.25) is 9.48 Å². The lowest BCUT2D eigenvalue weighted by molar-refractivity contribution is 0.0957. The summed E-state index contributed by atoms with van der Waals surface area (Å²) in [5.41, 5.74) is 2.35. The molecule has 0 saturated heterocycles. The van der Waals surface area contributed by atoms with E-state index in [0.29, 0.717) is 48.4 Å². The highest BCUT2D eigenvalue weighted by molar-refractivity contribution is 6.06. The standard InChI is InChI=1S/C18H24N8O2/c1-5-28-9-8-26-15-13(14(25-26)17(27)19-3)23-18(20-4)24-16(15)22-12-10-11(2)6-7-21-12/h6-7,10H,5,8-9H2,1-4H3,(H,19,27)(H2,20,21,22,23,24). The van der Waals surface area contributed by atoms with Crippen LogP contribution in [0, 0.1) is 6.92 Å². The Bertz CT molecular complexity index is 985. The van der Waals surface area contributed by atoms with E-state index in [-0.39, 0.29) is 11.6 Å². The van der Waals surface area contributed by atoms with E-state index in [4.69, 9.17) is 4.74 Å². The van der Waals surface area contributed by atoms with Gasteiger partial charge in [0.15, 0.2) is 11.5 Å². The summed E-state index contributed by atoms with van der Waals surface area (Å²) >= 11 is 0. The predicted molar refractivity (Wildman–Crippen MR) is 107 cm³/mol. The van der Waals surface area contributed by atoms with Crippen LogP contribution in [0.5, 0.6) is 0 Å². The number of carbonyl (C=O) groups is 1. The van der Waals surface area contributed by atoms with Crippen LogP contribution in [-0.4, -0.2) is 57.9 Å². The quantitative estimate of drug-likeness (QED) is 0.502. The van der Waals surface area contributed by atoms with Gasteiger partial charge in [-0.05, 0) is 31.5 Å². The SMILES string of the molecule is CCOCCn1nc(C(=O)NC)c2nc(NC)nc(Nc3cc(C)ccn3)c21. The van der Waals surface area contributed by atoms with Crippen LogP contribution >= 0.6 is 0 Å². The molecule has 0 aliphatic heterocycles. The molecule has 0 atom stereocenters. The fraction of sp³-hybridized carbons (Fsp3) is 0.389. The van der Waals surface area contributed by atoms with Gasteiger partial charge in [0, 0.05) is 26.9 Å². The Kier molecular flexibility index (Phi) is 5.99. The minimum absolute atomic E-state index is 0.230. The fourth-order valence-corrected chi connectivity index (χ4v) is 2.74. The molecular weight excluding hydrogens is 360 g/mol. The van der Waals surface area contributed by atoms with Crippen LogP contribution < -0.4 is 16.0 Å². The molecule has 0 radical (unpaired) electrons. The topological polar surface area (TPSA) is 119 Å². The van der Waals surface area contributed by atoms with Crippen molar-refractivity contribution in [3.63, 3.8) is 0 Å². The monoisotopic (exact) mass is 384 g/mol. The van der Waals surface area contributed by atoms with Gasteiger partial charge in [-0.25, -0.2) is 9.97 Å². The Morgan fingerprint density at radius 1 is 1.29 bits per heavy atom. The molecule has 10 heteroatoms. The normalized spacial score (nSPS) is 10.9. The molecule has 0 bridgehead atoms. The van der Waals surface area contributed by atoms with Crippen molar-refractivity contribution in [2.45, 2.75) is 20.4 Å². The molecule has 0 spiro atoms. The molecule has 0 aliphatic rings. The number of aryl methyl sites for hydroxylation is 1.